The van der Waals surface area contributed by atoms with Gasteiger partial charge in [-0.3, -0.25) is 5.10 Å². The third kappa shape index (κ3) is 2.71. The summed E-state index contributed by atoms with van der Waals surface area (Å²) in [6, 6.07) is 4.00. The molecule has 4 heteroatoms. The lowest BCUT2D eigenvalue weighted by molar-refractivity contribution is 0.164. The van der Waals surface area contributed by atoms with Crippen molar-refractivity contribution in [3.63, 3.8) is 0 Å². The van der Waals surface area contributed by atoms with Gasteiger partial charge in [0.15, 0.2) is 0 Å². The summed E-state index contributed by atoms with van der Waals surface area (Å²) in [5, 5.41) is 21.7. The van der Waals surface area contributed by atoms with E-state index in [1.165, 1.54) is 0 Å². The molecular formula is C14H21N3O. The van der Waals surface area contributed by atoms with E-state index >= 15 is 0 Å². The predicted octanol–water partition coefficient (Wildman–Crippen LogP) is 2.29. The minimum Gasteiger partial charge on any atom is -0.387 e. The summed E-state index contributed by atoms with van der Waals surface area (Å²) in [6.45, 7) is 8.82. The number of fused-ring (bicyclic) bond motifs is 1. The van der Waals surface area contributed by atoms with Gasteiger partial charge in [0.2, 0.25) is 0 Å². The Labute approximate surface area is 107 Å². The van der Waals surface area contributed by atoms with Crippen molar-refractivity contribution >= 4 is 10.9 Å². The van der Waals surface area contributed by atoms with Gasteiger partial charge >= 0.3 is 0 Å². The summed E-state index contributed by atoms with van der Waals surface area (Å²) in [4.78, 5) is 0. The highest BCUT2D eigenvalue weighted by Crippen LogP contribution is 2.26. The van der Waals surface area contributed by atoms with Crippen molar-refractivity contribution in [2.45, 2.75) is 39.3 Å². The Bertz CT molecular complexity index is 539. The third-order valence-electron chi connectivity index (χ3n) is 3.04. The number of benzene rings is 1. The Balaban J connectivity index is 2.29. The number of aliphatic hydroxyl groups is 1. The number of nitrogens with zero attached hydrogens (tertiary/aromatic N) is 1. The standard InChI is InChI=1S/C14H21N3O/c1-9-5-6-11-10(7-16-17-11)13(9)12(18)8-15-14(2,3)4/h5-7,12,15,18H,8H2,1-4H3,(H,16,17)/t12-/m0/s1. The molecule has 98 valence electrons. The Morgan fingerprint density at radius 3 is 2.78 bits per heavy atom. The van der Waals surface area contributed by atoms with E-state index in [4.69, 9.17) is 0 Å². The molecule has 4 nitrogen and oxygen atoms in total. The Morgan fingerprint density at radius 1 is 1.39 bits per heavy atom. The fraction of sp³-hybridized carbons (Fsp3) is 0.500. The molecule has 2 rings (SSSR count). The zero-order valence-corrected chi connectivity index (χ0v) is 11.4. The number of aryl methyl sites for hydroxylation is 1. The summed E-state index contributed by atoms with van der Waals surface area (Å²) in [7, 11) is 0. The van der Waals surface area contributed by atoms with Crippen LogP contribution in [0.1, 0.15) is 38.0 Å². The van der Waals surface area contributed by atoms with Crippen LogP contribution in [0.3, 0.4) is 0 Å². The number of aliphatic hydroxyl groups excluding tert-OH is 1. The van der Waals surface area contributed by atoms with Crippen LogP contribution < -0.4 is 5.32 Å². The number of β-amino-alcohol motifs (C(OH)–C–C–N with tert-alkyl or cyclic N) is 1. The van der Waals surface area contributed by atoms with Crippen LogP contribution in [0.15, 0.2) is 18.3 Å². The second-order valence-corrected chi connectivity index (χ2v) is 5.77. The van der Waals surface area contributed by atoms with E-state index in [0.29, 0.717) is 6.54 Å². The number of hydrogen-bond acceptors (Lipinski definition) is 3. The number of H-pyrrole nitrogens is 1. The number of nitrogens with one attached hydrogen (secondary N) is 2. The molecule has 0 spiro atoms. The summed E-state index contributed by atoms with van der Waals surface area (Å²) in [5.41, 5.74) is 3.01. The zero-order chi connectivity index (χ0) is 13.3. The van der Waals surface area contributed by atoms with E-state index in [1.807, 2.05) is 19.1 Å². The van der Waals surface area contributed by atoms with E-state index in [9.17, 15) is 5.11 Å². The van der Waals surface area contributed by atoms with Crippen molar-refractivity contribution in [3.05, 3.63) is 29.5 Å². The third-order valence-corrected chi connectivity index (χ3v) is 3.04. The second-order valence-electron chi connectivity index (χ2n) is 5.77. The molecule has 1 heterocycles. The summed E-state index contributed by atoms with van der Waals surface area (Å²) >= 11 is 0. The topological polar surface area (TPSA) is 60.9 Å². The van der Waals surface area contributed by atoms with E-state index in [0.717, 1.165) is 22.0 Å². The molecule has 0 unspecified atom stereocenters. The molecular weight excluding hydrogens is 226 g/mol. The minimum atomic E-state index is -0.523. The Morgan fingerprint density at radius 2 is 2.11 bits per heavy atom. The molecule has 0 aliphatic carbocycles. The van der Waals surface area contributed by atoms with Gasteiger partial charge in [0.1, 0.15) is 0 Å². The van der Waals surface area contributed by atoms with E-state index < -0.39 is 6.10 Å². The van der Waals surface area contributed by atoms with E-state index in [1.54, 1.807) is 6.20 Å². The quantitative estimate of drug-likeness (QED) is 0.780. The predicted molar refractivity (Wildman–Crippen MR) is 73.5 cm³/mol. The maximum Gasteiger partial charge on any atom is 0.0924 e. The van der Waals surface area contributed by atoms with Gasteiger partial charge in [-0.1, -0.05) is 6.07 Å². The zero-order valence-electron chi connectivity index (χ0n) is 11.4. The summed E-state index contributed by atoms with van der Waals surface area (Å²) in [6.07, 6.45) is 1.25. The van der Waals surface area contributed by atoms with Crippen molar-refractivity contribution in [2.24, 2.45) is 0 Å². The van der Waals surface area contributed by atoms with Crippen LogP contribution >= 0.6 is 0 Å². The Kier molecular flexibility index (Phi) is 3.41. The lowest BCUT2D eigenvalue weighted by atomic mass is 9.98. The minimum absolute atomic E-state index is 0.000816. The van der Waals surface area contributed by atoms with Crippen molar-refractivity contribution in [3.8, 4) is 0 Å². The van der Waals surface area contributed by atoms with Gasteiger partial charge in [0, 0.05) is 17.5 Å². The number of aromatic amines is 1. The fourth-order valence-corrected chi connectivity index (χ4v) is 2.10. The molecule has 0 saturated heterocycles. The van der Waals surface area contributed by atoms with Gasteiger partial charge in [-0.2, -0.15) is 5.10 Å². The molecule has 0 bridgehead atoms. The van der Waals surface area contributed by atoms with Gasteiger partial charge in [-0.25, -0.2) is 0 Å². The van der Waals surface area contributed by atoms with Gasteiger partial charge in [-0.15, -0.1) is 0 Å². The summed E-state index contributed by atoms with van der Waals surface area (Å²) < 4.78 is 0. The molecule has 2 aromatic rings. The van der Waals surface area contributed by atoms with E-state index in [-0.39, 0.29) is 5.54 Å². The highest BCUT2D eigenvalue weighted by atomic mass is 16.3. The molecule has 18 heavy (non-hydrogen) atoms. The highest BCUT2D eigenvalue weighted by Gasteiger charge is 2.17. The number of rotatable bonds is 3. The molecule has 1 aromatic heterocycles. The van der Waals surface area contributed by atoms with Gasteiger partial charge in [-0.05, 0) is 44.9 Å². The normalized spacial score (nSPS) is 14.1. The highest BCUT2D eigenvalue weighted by molar-refractivity contribution is 5.83. The largest absolute Gasteiger partial charge is 0.387 e. The number of hydrogen-bond donors (Lipinski definition) is 3. The fourth-order valence-electron chi connectivity index (χ4n) is 2.10. The maximum atomic E-state index is 10.4. The number of aromatic nitrogens is 2. The van der Waals surface area contributed by atoms with E-state index in [2.05, 4.69) is 36.3 Å². The molecule has 1 atom stereocenters. The van der Waals surface area contributed by atoms with Crippen LogP contribution in [0, 0.1) is 6.92 Å². The smallest absolute Gasteiger partial charge is 0.0924 e. The van der Waals surface area contributed by atoms with Crippen LogP contribution in [-0.2, 0) is 0 Å². The van der Waals surface area contributed by atoms with Crippen LogP contribution in [0.2, 0.25) is 0 Å². The SMILES string of the molecule is Cc1ccc2[nH]ncc2c1[C@@H](O)CNC(C)(C)C. The molecule has 0 aliphatic rings. The van der Waals surface area contributed by atoms with Gasteiger partial charge in [0.05, 0.1) is 17.8 Å². The van der Waals surface area contributed by atoms with Crippen LogP contribution in [0.25, 0.3) is 10.9 Å². The molecule has 0 aliphatic heterocycles. The van der Waals surface area contributed by atoms with Crippen LogP contribution in [0.5, 0.6) is 0 Å². The summed E-state index contributed by atoms with van der Waals surface area (Å²) in [5.74, 6) is 0. The van der Waals surface area contributed by atoms with Crippen molar-refractivity contribution in [1.29, 1.82) is 0 Å². The van der Waals surface area contributed by atoms with Gasteiger partial charge < -0.3 is 10.4 Å². The van der Waals surface area contributed by atoms with Crippen molar-refractivity contribution < 1.29 is 5.11 Å². The molecule has 1 aromatic carbocycles. The average molecular weight is 247 g/mol. The molecule has 0 saturated carbocycles. The molecule has 0 radical (unpaired) electrons. The Hall–Kier alpha value is -1.39. The first-order valence-electron chi connectivity index (χ1n) is 6.24. The van der Waals surface area contributed by atoms with Crippen molar-refractivity contribution in [1.82, 2.24) is 15.5 Å². The van der Waals surface area contributed by atoms with Crippen LogP contribution in [-0.4, -0.2) is 27.4 Å². The maximum absolute atomic E-state index is 10.4. The first-order valence-corrected chi connectivity index (χ1v) is 6.24. The molecule has 0 fully saturated rings. The monoisotopic (exact) mass is 247 g/mol. The van der Waals surface area contributed by atoms with Crippen molar-refractivity contribution in [2.75, 3.05) is 6.54 Å². The van der Waals surface area contributed by atoms with Gasteiger partial charge in [0.25, 0.3) is 0 Å². The second kappa shape index (κ2) is 4.71. The molecule has 3 N–H and O–H groups in total. The average Bonchev–Trinajstić information content (AvgIpc) is 2.72. The first kappa shape index (κ1) is 13.1. The molecule has 0 amide bonds. The first-order chi connectivity index (χ1) is 8.38. The lowest BCUT2D eigenvalue weighted by Crippen LogP contribution is -2.38. The van der Waals surface area contributed by atoms with Crippen LogP contribution in [0.4, 0.5) is 0 Å². The lowest BCUT2D eigenvalue weighted by Gasteiger charge is -2.24.